The molecule has 31 heavy (non-hydrogen) atoms. The Morgan fingerprint density at radius 2 is 1.81 bits per heavy atom. The van der Waals surface area contributed by atoms with Crippen molar-refractivity contribution in [3.63, 3.8) is 0 Å². The number of carbonyl (C=O) groups excluding carboxylic acids is 2. The van der Waals surface area contributed by atoms with Crippen LogP contribution in [0.1, 0.15) is 32.1 Å². The maximum Gasteiger partial charge on any atom is 0.248 e. The number of aromatic nitrogens is 1. The summed E-state index contributed by atoms with van der Waals surface area (Å²) in [6.07, 6.45) is -0.150. The van der Waals surface area contributed by atoms with Crippen molar-refractivity contribution < 1.29 is 23.8 Å². The predicted octanol–water partition coefficient (Wildman–Crippen LogP) is 3.31. The largest absolute Gasteiger partial charge is 0.486 e. The third-order valence-corrected chi connectivity index (χ3v) is 5.34. The van der Waals surface area contributed by atoms with Crippen LogP contribution in [0.15, 0.2) is 54.6 Å². The van der Waals surface area contributed by atoms with Gasteiger partial charge in [0.2, 0.25) is 11.7 Å². The van der Waals surface area contributed by atoms with Gasteiger partial charge in [-0.3, -0.25) is 9.59 Å². The second kappa shape index (κ2) is 8.55. The third-order valence-electron chi connectivity index (χ3n) is 5.34. The number of ether oxygens (including phenoxy) is 3. The van der Waals surface area contributed by atoms with Gasteiger partial charge >= 0.3 is 0 Å². The van der Waals surface area contributed by atoms with Gasteiger partial charge in [-0.15, -0.1) is 0 Å². The van der Waals surface area contributed by atoms with Gasteiger partial charge < -0.3 is 24.5 Å². The van der Waals surface area contributed by atoms with Crippen LogP contribution >= 0.6 is 0 Å². The molecule has 1 aromatic heterocycles. The van der Waals surface area contributed by atoms with E-state index < -0.39 is 5.91 Å². The van der Waals surface area contributed by atoms with E-state index in [9.17, 15) is 9.59 Å². The van der Waals surface area contributed by atoms with Crippen LogP contribution in [0.25, 0.3) is 0 Å². The number of amides is 1. The Morgan fingerprint density at radius 3 is 2.52 bits per heavy atom. The number of ketones is 1. The number of aryl methyl sites for hydroxylation is 1. The van der Waals surface area contributed by atoms with E-state index in [-0.39, 0.29) is 18.5 Å². The molecule has 160 valence electrons. The second-order valence-corrected chi connectivity index (χ2v) is 7.49. The molecule has 1 amide bonds. The van der Waals surface area contributed by atoms with E-state index in [0.717, 1.165) is 22.9 Å². The van der Waals surface area contributed by atoms with E-state index in [1.54, 1.807) is 24.3 Å². The summed E-state index contributed by atoms with van der Waals surface area (Å²) in [4.78, 5) is 23.9. The summed E-state index contributed by atoms with van der Waals surface area (Å²) in [5, 5.41) is 0. The van der Waals surface area contributed by atoms with Gasteiger partial charge in [0.05, 0.1) is 6.54 Å². The Balaban J connectivity index is 1.41. The molecule has 0 fully saturated rings. The van der Waals surface area contributed by atoms with Crippen molar-refractivity contribution >= 4 is 11.7 Å². The molecule has 1 aliphatic rings. The normalized spacial score (nSPS) is 14.8. The first-order valence-corrected chi connectivity index (χ1v) is 10.0. The molecular weight excluding hydrogens is 396 g/mol. The van der Waals surface area contributed by atoms with Crippen molar-refractivity contribution in [3.8, 4) is 17.2 Å². The number of hydrogen-bond donors (Lipinski definition) is 1. The Labute approximate surface area is 180 Å². The summed E-state index contributed by atoms with van der Waals surface area (Å²) in [5.41, 5.74) is 8.06. The highest BCUT2D eigenvalue weighted by molar-refractivity contribution is 5.98. The molecule has 2 heterocycles. The Hall–Kier alpha value is -3.74. The molecule has 0 bridgehead atoms. The quantitative estimate of drug-likeness (QED) is 0.592. The molecule has 2 aromatic carbocycles. The lowest BCUT2D eigenvalue weighted by atomic mass is 10.1. The van der Waals surface area contributed by atoms with Crippen molar-refractivity contribution in [1.82, 2.24) is 4.57 Å². The average Bonchev–Trinajstić information content (AvgIpc) is 3.06. The van der Waals surface area contributed by atoms with E-state index in [2.05, 4.69) is 4.57 Å². The lowest BCUT2D eigenvalue weighted by Gasteiger charge is -2.27. The highest BCUT2D eigenvalue weighted by Crippen LogP contribution is 2.31. The zero-order chi connectivity index (χ0) is 22.0. The molecule has 2 N–H and O–H groups in total. The zero-order valence-electron chi connectivity index (χ0n) is 17.5. The van der Waals surface area contributed by atoms with Gasteiger partial charge in [0.25, 0.3) is 0 Å². The number of fused-ring (bicyclic) bond motifs is 1. The minimum atomic E-state index is -0.508. The summed E-state index contributed by atoms with van der Waals surface area (Å²) < 4.78 is 19.5. The Bertz CT molecular complexity index is 1120. The Kier molecular flexibility index (Phi) is 5.66. The summed E-state index contributed by atoms with van der Waals surface area (Å²) in [6, 6.07) is 15.8. The second-order valence-electron chi connectivity index (χ2n) is 7.49. The fourth-order valence-corrected chi connectivity index (χ4v) is 3.66. The number of rotatable bonds is 7. The number of primary amides is 1. The van der Waals surface area contributed by atoms with Crippen molar-refractivity contribution in [1.29, 1.82) is 0 Å². The van der Waals surface area contributed by atoms with Gasteiger partial charge in [-0.2, -0.15) is 0 Å². The lowest BCUT2D eigenvalue weighted by Crippen LogP contribution is -2.33. The molecule has 1 aliphatic heterocycles. The number of Topliss-reactive ketones (excluding diaryl/α,β-unsaturated/α-hetero) is 1. The van der Waals surface area contributed by atoms with Crippen LogP contribution in [0, 0.1) is 13.8 Å². The lowest BCUT2D eigenvalue weighted by molar-refractivity contribution is 0.0777. The summed E-state index contributed by atoms with van der Waals surface area (Å²) in [5.74, 6) is 1.35. The standard InChI is InChI=1S/C24H24N2O5/c1-15-11-20(21(27)14-29-18-9-7-17(8-10-18)24(25)28)16(2)26(15)12-19-13-30-22-5-3-4-6-23(22)31-19/h3-11,19H,12-14H2,1-2H3,(H2,25,28). The van der Waals surface area contributed by atoms with E-state index in [0.29, 0.717) is 30.0 Å². The van der Waals surface area contributed by atoms with Crippen LogP contribution in [-0.4, -0.2) is 35.6 Å². The average molecular weight is 420 g/mol. The van der Waals surface area contributed by atoms with Crippen molar-refractivity contribution in [3.05, 3.63) is 77.1 Å². The van der Waals surface area contributed by atoms with Crippen LogP contribution in [-0.2, 0) is 6.54 Å². The molecule has 0 saturated carbocycles. The zero-order valence-corrected chi connectivity index (χ0v) is 17.5. The molecule has 3 aromatic rings. The molecule has 0 spiro atoms. The number of hydrogen-bond acceptors (Lipinski definition) is 5. The SMILES string of the molecule is Cc1cc(C(=O)COc2ccc(C(N)=O)cc2)c(C)n1CC1COc2ccccc2O1. The smallest absolute Gasteiger partial charge is 0.248 e. The van der Waals surface area contributed by atoms with E-state index >= 15 is 0 Å². The molecule has 7 nitrogen and oxygen atoms in total. The monoisotopic (exact) mass is 420 g/mol. The first-order chi connectivity index (χ1) is 14.9. The van der Waals surface area contributed by atoms with Gasteiger partial charge in [0, 0.05) is 22.5 Å². The number of benzene rings is 2. The summed E-state index contributed by atoms with van der Waals surface area (Å²) in [7, 11) is 0. The molecule has 7 heteroatoms. The Morgan fingerprint density at radius 1 is 1.10 bits per heavy atom. The number of para-hydroxylation sites is 2. The number of nitrogens with two attached hydrogens (primary N) is 1. The van der Waals surface area contributed by atoms with E-state index in [4.69, 9.17) is 19.9 Å². The van der Waals surface area contributed by atoms with Crippen LogP contribution in [0.4, 0.5) is 0 Å². The van der Waals surface area contributed by atoms with Gasteiger partial charge in [-0.05, 0) is 56.3 Å². The molecule has 0 aliphatic carbocycles. The van der Waals surface area contributed by atoms with E-state index in [1.165, 1.54) is 0 Å². The van der Waals surface area contributed by atoms with Gasteiger partial charge in [0.15, 0.2) is 24.2 Å². The van der Waals surface area contributed by atoms with Crippen molar-refractivity contribution in [2.24, 2.45) is 5.73 Å². The minimum Gasteiger partial charge on any atom is -0.486 e. The molecular formula is C24H24N2O5. The fraction of sp³-hybridized carbons (Fsp3) is 0.250. The van der Waals surface area contributed by atoms with Crippen molar-refractivity contribution in [2.45, 2.75) is 26.5 Å². The highest BCUT2D eigenvalue weighted by atomic mass is 16.6. The van der Waals surface area contributed by atoms with Gasteiger partial charge in [-0.1, -0.05) is 12.1 Å². The van der Waals surface area contributed by atoms with Crippen LogP contribution in [0.3, 0.4) is 0 Å². The van der Waals surface area contributed by atoms with Crippen LogP contribution in [0.2, 0.25) is 0 Å². The predicted molar refractivity (Wildman–Crippen MR) is 115 cm³/mol. The molecule has 0 radical (unpaired) electrons. The molecule has 1 atom stereocenters. The number of nitrogens with zero attached hydrogens (tertiary/aromatic N) is 1. The first-order valence-electron chi connectivity index (χ1n) is 10.0. The van der Waals surface area contributed by atoms with Gasteiger partial charge in [-0.25, -0.2) is 0 Å². The topological polar surface area (TPSA) is 92.8 Å². The maximum absolute atomic E-state index is 12.8. The molecule has 1 unspecified atom stereocenters. The van der Waals surface area contributed by atoms with E-state index in [1.807, 2.05) is 44.2 Å². The minimum absolute atomic E-state index is 0.101. The van der Waals surface area contributed by atoms with Gasteiger partial charge in [0.1, 0.15) is 12.4 Å². The molecule has 0 saturated heterocycles. The maximum atomic E-state index is 12.8. The molecule has 4 rings (SSSR count). The number of carbonyl (C=O) groups is 2. The van der Waals surface area contributed by atoms with Crippen LogP contribution in [0.5, 0.6) is 17.2 Å². The van der Waals surface area contributed by atoms with Crippen LogP contribution < -0.4 is 19.9 Å². The first kappa shape index (κ1) is 20.5. The summed E-state index contributed by atoms with van der Waals surface area (Å²) >= 11 is 0. The van der Waals surface area contributed by atoms with Crippen molar-refractivity contribution in [2.75, 3.05) is 13.2 Å². The summed E-state index contributed by atoms with van der Waals surface area (Å²) in [6.45, 7) is 4.80. The third kappa shape index (κ3) is 4.40. The highest BCUT2D eigenvalue weighted by Gasteiger charge is 2.24. The fourth-order valence-electron chi connectivity index (χ4n) is 3.66.